The lowest BCUT2D eigenvalue weighted by Gasteiger charge is -2.22. The van der Waals surface area contributed by atoms with Crippen molar-refractivity contribution in [3.8, 4) is 0 Å². The summed E-state index contributed by atoms with van der Waals surface area (Å²) in [6.45, 7) is 4.11. The Balaban J connectivity index is 1.69. The van der Waals surface area contributed by atoms with Gasteiger partial charge < -0.3 is 0 Å². The van der Waals surface area contributed by atoms with Crippen LogP contribution in [0.2, 0.25) is 0 Å². The average Bonchev–Trinajstić information content (AvgIpc) is 3.22. The first-order valence-corrected chi connectivity index (χ1v) is 8.90. The summed E-state index contributed by atoms with van der Waals surface area (Å²) in [7, 11) is 0. The van der Waals surface area contributed by atoms with E-state index in [1.807, 2.05) is 55.5 Å². The molecule has 0 spiro atoms. The van der Waals surface area contributed by atoms with Gasteiger partial charge in [-0.05, 0) is 42.2 Å². The van der Waals surface area contributed by atoms with Crippen LogP contribution in [0.15, 0.2) is 58.9 Å². The molecule has 6 nitrogen and oxygen atoms in total. The van der Waals surface area contributed by atoms with Crippen LogP contribution in [0.1, 0.15) is 25.0 Å². The number of amides is 2. The maximum Gasteiger partial charge on any atom is 0.263 e. The van der Waals surface area contributed by atoms with Gasteiger partial charge in [0.25, 0.3) is 11.8 Å². The van der Waals surface area contributed by atoms with Crippen molar-refractivity contribution in [2.45, 2.75) is 38.8 Å². The first-order chi connectivity index (χ1) is 12.7. The van der Waals surface area contributed by atoms with Crippen molar-refractivity contribution in [3.63, 3.8) is 0 Å². The lowest BCUT2D eigenvalue weighted by atomic mass is 10.1. The zero-order valence-electron chi connectivity index (χ0n) is 14.8. The highest BCUT2D eigenvalue weighted by atomic mass is 16.2. The van der Waals surface area contributed by atoms with Gasteiger partial charge >= 0.3 is 0 Å². The van der Waals surface area contributed by atoms with Gasteiger partial charge in [0, 0.05) is 0 Å². The van der Waals surface area contributed by atoms with Crippen LogP contribution in [0.4, 0.5) is 11.4 Å². The minimum atomic E-state index is -0.779. The normalized spacial score (nSPS) is 21.6. The third-order valence-electron chi connectivity index (χ3n) is 5.00. The largest absolute Gasteiger partial charge is 0.271 e. The Hall–Kier alpha value is -3.02. The Morgan fingerprint density at radius 3 is 2.35 bits per heavy atom. The predicted octanol–water partition coefficient (Wildman–Crippen LogP) is 3.31. The van der Waals surface area contributed by atoms with Gasteiger partial charge in [0.05, 0.1) is 11.4 Å². The van der Waals surface area contributed by atoms with Crippen molar-refractivity contribution < 1.29 is 9.59 Å². The summed E-state index contributed by atoms with van der Waals surface area (Å²) in [4.78, 5) is 27.1. The first kappa shape index (κ1) is 16.4. The molecule has 0 radical (unpaired) electrons. The van der Waals surface area contributed by atoms with Crippen LogP contribution in [0, 0.1) is 0 Å². The number of anilines is 2. The van der Waals surface area contributed by atoms with E-state index in [0.717, 1.165) is 29.7 Å². The molecule has 1 saturated heterocycles. The summed E-state index contributed by atoms with van der Waals surface area (Å²) in [6, 6.07) is 13.8. The number of aryl methyl sites for hydroxylation is 2. The number of carbonyl (C=O) groups excluding carboxylic acids is 2. The van der Waals surface area contributed by atoms with E-state index in [1.165, 1.54) is 4.90 Å². The molecular weight excluding hydrogens is 328 g/mol. The number of hydrogen-bond donors (Lipinski definition) is 0. The Bertz CT molecular complexity index is 891. The Labute approximate surface area is 152 Å². The number of hydrogen-bond acceptors (Lipinski definition) is 5. The molecule has 2 amide bonds. The molecule has 0 aromatic heterocycles. The predicted molar refractivity (Wildman–Crippen MR) is 99.0 cm³/mol. The molecule has 2 aromatic rings. The molecular formula is C20H20N4O2. The van der Waals surface area contributed by atoms with Crippen LogP contribution in [0.3, 0.4) is 0 Å². The number of fused-ring (bicyclic) bond motifs is 1. The van der Waals surface area contributed by atoms with E-state index >= 15 is 0 Å². The van der Waals surface area contributed by atoms with E-state index in [9.17, 15) is 9.59 Å². The summed E-state index contributed by atoms with van der Waals surface area (Å²) in [5.41, 5.74) is 3.64. The van der Waals surface area contributed by atoms with Gasteiger partial charge in [-0.15, -0.1) is 0 Å². The van der Waals surface area contributed by atoms with Gasteiger partial charge in [-0.2, -0.15) is 5.11 Å². The summed E-state index contributed by atoms with van der Waals surface area (Å²) in [5.74, 6) is -0.593. The van der Waals surface area contributed by atoms with Crippen molar-refractivity contribution in [2.75, 3.05) is 9.91 Å². The topological polar surface area (TPSA) is 65.3 Å². The summed E-state index contributed by atoms with van der Waals surface area (Å²) in [5, 5.41) is 9.86. The third-order valence-corrected chi connectivity index (χ3v) is 5.00. The van der Waals surface area contributed by atoms with Crippen molar-refractivity contribution in [1.82, 2.24) is 0 Å². The monoisotopic (exact) mass is 348 g/mol. The Kier molecular flexibility index (Phi) is 4.03. The van der Waals surface area contributed by atoms with E-state index in [2.05, 4.69) is 17.3 Å². The Morgan fingerprint density at radius 1 is 0.923 bits per heavy atom. The van der Waals surface area contributed by atoms with E-state index in [-0.39, 0.29) is 11.8 Å². The van der Waals surface area contributed by atoms with Crippen LogP contribution in [-0.4, -0.2) is 23.9 Å². The van der Waals surface area contributed by atoms with Crippen LogP contribution < -0.4 is 9.91 Å². The molecule has 132 valence electrons. The molecule has 0 unspecified atom stereocenters. The van der Waals surface area contributed by atoms with Crippen molar-refractivity contribution in [3.05, 3.63) is 59.7 Å². The molecule has 26 heavy (non-hydrogen) atoms. The fourth-order valence-corrected chi connectivity index (χ4v) is 3.53. The zero-order valence-corrected chi connectivity index (χ0v) is 14.8. The number of benzene rings is 2. The summed E-state index contributed by atoms with van der Waals surface area (Å²) in [6.07, 6.45) is 1.72. The van der Waals surface area contributed by atoms with Gasteiger partial charge in [0.2, 0.25) is 0 Å². The third kappa shape index (κ3) is 2.41. The molecule has 2 aliphatic heterocycles. The van der Waals surface area contributed by atoms with Crippen molar-refractivity contribution in [1.29, 1.82) is 0 Å². The van der Waals surface area contributed by atoms with Crippen LogP contribution >= 0.6 is 0 Å². The maximum absolute atomic E-state index is 13.1. The number of imide groups is 1. The van der Waals surface area contributed by atoms with Gasteiger partial charge in [0.1, 0.15) is 0 Å². The molecule has 0 saturated carbocycles. The smallest absolute Gasteiger partial charge is 0.263 e. The van der Waals surface area contributed by atoms with E-state index < -0.39 is 12.1 Å². The van der Waals surface area contributed by atoms with Crippen molar-refractivity contribution >= 4 is 23.2 Å². The van der Waals surface area contributed by atoms with Gasteiger partial charge in [-0.1, -0.05) is 49.4 Å². The van der Waals surface area contributed by atoms with E-state index in [0.29, 0.717) is 5.69 Å². The summed E-state index contributed by atoms with van der Waals surface area (Å²) < 4.78 is 0. The Morgan fingerprint density at radius 2 is 1.65 bits per heavy atom. The summed E-state index contributed by atoms with van der Waals surface area (Å²) >= 11 is 0. The highest BCUT2D eigenvalue weighted by Gasteiger charge is 2.55. The zero-order chi connectivity index (χ0) is 18.3. The highest BCUT2D eigenvalue weighted by molar-refractivity contribution is 6.26. The van der Waals surface area contributed by atoms with Crippen LogP contribution in [0.5, 0.6) is 0 Å². The maximum atomic E-state index is 13.1. The molecule has 2 aliphatic rings. The molecule has 2 aromatic carbocycles. The SMILES string of the molecule is CCc1ccc(N2C(=O)[C@@H]3[C@@H](N=NN3c3ccccc3CC)C2=O)cc1. The lowest BCUT2D eigenvalue weighted by Crippen LogP contribution is -2.40. The highest BCUT2D eigenvalue weighted by Crippen LogP contribution is 2.36. The average molecular weight is 348 g/mol. The molecule has 6 heteroatoms. The van der Waals surface area contributed by atoms with E-state index in [4.69, 9.17) is 0 Å². The second kappa shape index (κ2) is 6.37. The fourth-order valence-electron chi connectivity index (χ4n) is 3.53. The lowest BCUT2D eigenvalue weighted by molar-refractivity contribution is -0.121. The van der Waals surface area contributed by atoms with Crippen molar-refractivity contribution in [2.24, 2.45) is 10.3 Å². The number of carbonyl (C=O) groups is 2. The minimum absolute atomic E-state index is 0.278. The number of para-hydroxylation sites is 1. The number of rotatable bonds is 4. The second-order valence-corrected chi connectivity index (χ2v) is 6.45. The molecule has 0 aliphatic carbocycles. The van der Waals surface area contributed by atoms with Gasteiger partial charge in [0.15, 0.2) is 12.1 Å². The second-order valence-electron chi connectivity index (χ2n) is 6.45. The molecule has 0 bridgehead atoms. The van der Waals surface area contributed by atoms with Gasteiger partial charge in [-0.3, -0.25) is 9.59 Å². The van der Waals surface area contributed by atoms with Crippen LogP contribution in [-0.2, 0) is 22.4 Å². The van der Waals surface area contributed by atoms with Crippen LogP contribution in [0.25, 0.3) is 0 Å². The molecule has 0 N–H and O–H groups in total. The fraction of sp³-hybridized carbons (Fsp3) is 0.300. The van der Waals surface area contributed by atoms with E-state index in [1.54, 1.807) is 5.01 Å². The minimum Gasteiger partial charge on any atom is -0.271 e. The number of nitrogens with zero attached hydrogens (tertiary/aromatic N) is 4. The quantitative estimate of drug-likeness (QED) is 0.796. The molecule has 1 fully saturated rings. The van der Waals surface area contributed by atoms with Gasteiger partial charge in [-0.25, -0.2) is 9.91 Å². The molecule has 4 rings (SSSR count). The molecule has 2 atom stereocenters. The first-order valence-electron chi connectivity index (χ1n) is 8.90. The molecule has 2 heterocycles. The standard InChI is InChI=1S/C20H20N4O2/c1-3-13-9-11-15(12-10-13)23-19(25)17-18(20(23)26)24(22-21-17)16-8-6-5-7-14(16)4-2/h5-12,17-18H,3-4H2,1-2H3/t17-,18+/m1/s1.